The van der Waals surface area contributed by atoms with Crippen LogP contribution in [-0.2, 0) is 25.7 Å². The van der Waals surface area contributed by atoms with Crippen molar-refractivity contribution in [1.82, 2.24) is 15.5 Å². The second-order valence-electron chi connectivity index (χ2n) is 8.84. The highest BCUT2D eigenvalue weighted by molar-refractivity contribution is 6.26. The Morgan fingerprint density at radius 2 is 1.88 bits per heavy atom. The molecule has 1 aromatic carbocycles. The minimum absolute atomic E-state index is 0.0366. The first kappa shape index (κ1) is 24.5. The predicted octanol–water partition coefficient (Wildman–Crippen LogP) is 2.11. The Balaban J connectivity index is 1.68. The topological polar surface area (TPSA) is 119 Å². The van der Waals surface area contributed by atoms with Gasteiger partial charge >= 0.3 is 0 Å². The van der Waals surface area contributed by atoms with Gasteiger partial charge in [0, 0.05) is 25.9 Å². The summed E-state index contributed by atoms with van der Waals surface area (Å²) in [7, 11) is 0. The van der Waals surface area contributed by atoms with Crippen molar-refractivity contribution in [3.05, 3.63) is 35.6 Å². The number of likely N-dealkylation sites (tertiary alicyclic amines) is 1. The van der Waals surface area contributed by atoms with Crippen molar-refractivity contribution < 1.29 is 23.6 Å². The van der Waals surface area contributed by atoms with Crippen molar-refractivity contribution in [2.24, 2.45) is 5.92 Å². The SMILES string of the molecule is CC(=O)N1C2CCCCC2C[C@H]1C(=O)N[C@@H](CCC(=O)C=N)C(=O)NCc1ccc(F)cc1. The number of amides is 3. The largest absolute Gasteiger partial charge is 0.350 e. The van der Waals surface area contributed by atoms with Gasteiger partial charge in [-0.3, -0.25) is 19.2 Å². The number of benzene rings is 1. The molecule has 2 fully saturated rings. The number of nitrogens with zero attached hydrogens (tertiary/aromatic N) is 1. The molecule has 1 aliphatic carbocycles. The number of Topliss-reactive ketones (excluding diaryl/α,β-unsaturated/α-hetero) is 1. The maximum atomic E-state index is 13.2. The van der Waals surface area contributed by atoms with Gasteiger partial charge in [-0.15, -0.1) is 0 Å². The van der Waals surface area contributed by atoms with Gasteiger partial charge in [0.15, 0.2) is 5.78 Å². The van der Waals surface area contributed by atoms with Gasteiger partial charge in [0.2, 0.25) is 17.7 Å². The van der Waals surface area contributed by atoms with E-state index in [0.29, 0.717) is 18.2 Å². The molecule has 1 aromatic rings. The molecule has 0 radical (unpaired) electrons. The third kappa shape index (κ3) is 6.24. The van der Waals surface area contributed by atoms with Crippen LogP contribution in [0.15, 0.2) is 24.3 Å². The van der Waals surface area contributed by atoms with Crippen molar-refractivity contribution in [1.29, 1.82) is 5.41 Å². The fraction of sp³-hybridized carbons (Fsp3) is 0.542. The normalized spacial score (nSPS) is 22.7. The first-order valence-electron chi connectivity index (χ1n) is 11.4. The maximum absolute atomic E-state index is 13.2. The molecule has 3 amide bonds. The van der Waals surface area contributed by atoms with Crippen LogP contribution in [-0.4, -0.2) is 52.7 Å². The van der Waals surface area contributed by atoms with Crippen molar-refractivity contribution >= 4 is 29.7 Å². The number of rotatable bonds is 9. The van der Waals surface area contributed by atoms with Crippen LogP contribution in [0.25, 0.3) is 0 Å². The lowest BCUT2D eigenvalue weighted by Gasteiger charge is -2.33. The lowest BCUT2D eigenvalue weighted by molar-refractivity contribution is -0.140. The fourth-order valence-corrected chi connectivity index (χ4v) is 4.96. The Morgan fingerprint density at radius 3 is 2.55 bits per heavy atom. The van der Waals surface area contributed by atoms with E-state index in [4.69, 9.17) is 5.41 Å². The van der Waals surface area contributed by atoms with Gasteiger partial charge in [0.1, 0.15) is 17.9 Å². The zero-order valence-electron chi connectivity index (χ0n) is 18.8. The molecule has 8 nitrogen and oxygen atoms in total. The van der Waals surface area contributed by atoms with E-state index in [1.165, 1.54) is 19.1 Å². The maximum Gasteiger partial charge on any atom is 0.243 e. The van der Waals surface area contributed by atoms with E-state index in [-0.39, 0.29) is 43.1 Å². The molecule has 0 spiro atoms. The second-order valence-corrected chi connectivity index (χ2v) is 8.84. The number of carbonyl (C=O) groups is 4. The van der Waals surface area contributed by atoms with Crippen molar-refractivity contribution in [3.63, 3.8) is 0 Å². The molecule has 1 saturated carbocycles. The molecule has 4 atom stereocenters. The number of fused-ring (bicyclic) bond motifs is 1. The molecule has 3 N–H and O–H groups in total. The highest BCUT2D eigenvalue weighted by Crippen LogP contribution is 2.39. The lowest BCUT2D eigenvalue weighted by Crippen LogP contribution is -2.54. The average Bonchev–Trinajstić information content (AvgIpc) is 3.21. The molecule has 33 heavy (non-hydrogen) atoms. The summed E-state index contributed by atoms with van der Waals surface area (Å²) >= 11 is 0. The quantitative estimate of drug-likeness (QED) is 0.491. The van der Waals surface area contributed by atoms with Crippen LogP contribution in [0.1, 0.15) is 57.4 Å². The van der Waals surface area contributed by atoms with E-state index < -0.39 is 29.7 Å². The van der Waals surface area contributed by atoms with E-state index in [0.717, 1.165) is 25.7 Å². The van der Waals surface area contributed by atoms with Gasteiger partial charge in [0.05, 0.1) is 6.21 Å². The highest BCUT2D eigenvalue weighted by Gasteiger charge is 2.46. The molecular formula is C24H31FN4O4. The van der Waals surface area contributed by atoms with Gasteiger partial charge < -0.3 is 20.9 Å². The van der Waals surface area contributed by atoms with E-state index in [1.54, 1.807) is 17.0 Å². The van der Waals surface area contributed by atoms with Crippen LogP contribution in [0.4, 0.5) is 4.39 Å². The Hall–Kier alpha value is -3.10. The average molecular weight is 459 g/mol. The highest BCUT2D eigenvalue weighted by atomic mass is 19.1. The number of halogens is 1. The lowest BCUT2D eigenvalue weighted by atomic mass is 9.84. The summed E-state index contributed by atoms with van der Waals surface area (Å²) in [5.74, 6) is -1.58. The van der Waals surface area contributed by atoms with Crippen molar-refractivity contribution in [3.8, 4) is 0 Å². The van der Waals surface area contributed by atoms with Crippen molar-refractivity contribution in [2.75, 3.05) is 0 Å². The summed E-state index contributed by atoms with van der Waals surface area (Å²) in [6.45, 7) is 1.60. The summed E-state index contributed by atoms with van der Waals surface area (Å²) in [5, 5.41) is 12.5. The van der Waals surface area contributed by atoms with E-state index in [1.807, 2.05) is 0 Å². The Bertz CT molecular complexity index is 904. The third-order valence-electron chi connectivity index (χ3n) is 6.61. The number of hydrogen-bond acceptors (Lipinski definition) is 5. The minimum atomic E-state index is -0.988. The molecule has 0 aromatic heterocycles. The second kappa shape index (κ2) is 11.2. The predicted molar refractivity (Wildman–Crippen MR) is 120 cm³/mol. The summed E-state index contributed by atoms with van der Waals surface area (Å²) in [6, 6.07) is 4.11. The molecule has 9 heteroatoms. The Labute approximate surface area is 192 Å². The molecule has 1 heterocycles. The molecule has 2 unspecified atom stereocenters. The van der Waals surface area contributed by atoms with Crippen LogP contribution < -0.4 is 10.6 Å². The van der Waals surface area contributed by atoms with Gasteiger partial charge in [-0.05, 0) is 49.3 Å². The monoisotopic (exact) mass is 458 g/mol. The standard InChI is InChI=1S/C24H31FN4O4/c1-15(30)29-21-5-3-2-4-17(21)12-22(29)24(33)28-20(11-10-19(31)13-26)23(32)27-14-16-6-8-18(25)9-7-16/h6-9,13,17,20-22,26H,2-5,10-12,14H2,1H3,(H,27,32)(H,28,33)/t17?,20-,21?,22-/m0/s1. The van der Waals surface area contributed by atoms with Crippen LogP contribution in [0.2, 0.25) is 0 Å². The summed E-state index contributed by atoms with van der Waals surface area (Å²) in [5.41, 5.74) is 0.688. The van der Waals surface area contributed by atoms with Gasteiger partial charge in [0.25, 0.3) is 0 Å². The van der Waals surface area contributed by atoms with Crippen LogP contribution >= 0.6 is 0 Å². The first-order chi connectivity index (χ1) is 15.8. The smallest absolute Gasteiger partial charge is 0.243 e. The molecule has 1 saturated heterocycles. The van der Waals surface area contributed by atoms with Gasteiger partial charge in [-0.25, -0.2) is 4.39 Å². The Kier molecular flexibility index (Phi) is 8.30. The van der Waals surface area contributed by atoms with Crippen molar-refractivity contribution in [2.45, 2.75) is 76.5 Å². The van der Waals surface area contributed by atoms with Crippen LogP contribution in [0.5, 0.6) is 0 Å². The number of hydrogen-bond donors (Lipinski definition) is 3. The number of carbonyl (C=O) groups excluding carboxylic acids is 4. The van der Waals surface area contributed by atoms with Gasteiger partial charge in [-0.2, -0.15) is 0 Å². The van der Waals surface area contributed by atoms with Crippen LogP contribution in [0.3, 0.4) is 0 Å². The zero-order chi connectivity index (χ0) is 24.0. The Morgan fingerprint density at radius 1 is 1.18 bits per heavy atom. The summed E-state index contributed by atoms with van der Waals surface area (Å²) in [4.78, 5) is 51.7. The fourth-order valence-electron chi connectivity index (χ4n) is 4.96. The molecule has 0 bridgehead atoms. The summed E-state index contributed by atoms with van der Waals surface area (Å²) < 4.78 is 13.1. The van der Waals surface area contributed by atoms with Gasteiger partial charge in [-0.1, -0.05) is 25.0 Å². The molecule has 1 aliphatic heterocycles. The molecule has 178 valence electrons. The minimum Gasteiger partial charge on any atom is -0.350 e. The van der Waals surface area contributed by atoms with E-state index >= 15 is 0 Å². The van der Waals surface area contributed by atoms with E-state index in [2.05, 4.69) is 10.6 Å². The number of ketones is 1. The molecule has 3 rings (SSSR count). The van der Waals surface area contributed by atoms with Crippen LogP contribution in [0, 0.1) is 17.1 Å². The summed E-state index contributed by atoms with van der Waals surface area (Å²) in [6.07, 6.45) is 5.20. The molecular weight excluding hydrogens is 427 g/mol. The van der Waals surface area contributed by atoms with E-state index in [9.17, 15) is 23.6 Å². The zero-order valence-corrected chi connectivity index (χ0v) is 18.8. The number of nitrogens with one attached hydrogen (secondary N) is 3. The third-order valence-corrected chi connectivity index (χ3v) is 6.61. The molecule has 2 aliphatic rings. The first-order valence-corrected chi connectivity index (χ1v) is 11.4.